The molecule has 29 heavy (non-hydrogen) atoms. The fourth-order valence-electron chi connectivity index (χ4n) is 4.23. The lowest BCUT2D eigenvalue weighted by Crippen LogP contribution is -2.31. The summed E-state index contributed by atoms with van der Waals surface area (Å²) in [6.45, 7) is 10.1. The summed E-state index contributed by atoms with van der Waals surface area (Å²) in [5.74, 6) is 0.652. The lowest BCUT2D eigenvalue weighted by Gasteiger charge is -2.28. The monoisotopic (exact) mass is 391 g/mol. The summed E-state index contributed by atoms with van der Waals surface area (Å²) >= 11 is 0. The first-order valence-corrected chi connectivity index (χ1v) is 10.4. The van der Waals surface area contributed by atoms with E-state index in [4.69, 9.17) is 4.98 Å². The highest BCUT2D eigenvalue weighted by molar-refractivity contribution is 5.65. The van der Waals surface area contributed by atoms with Gasteiger partial charge in [0, 0.05) is 42.9 Å². The summed E-state index contributed by atoms with van der Waals surface area (Å²) in [4.78, 5) is 16.1. The van der Waals surface area contributed by atoms with Gasteiger partial charge in [-0.3, -0.25) is 14.6 Å². The molecule has 1 saturated heterocycles. The fourth-order valence-corrected chi connectivity index (χ4v) is 4.23. The second-order valence-corrected chi connectivity index (χ2v) is 7.55. The maximum atomic E-state index is 4.79. The van der Waals surface area contributed by atoms with Crippen LogP contribution < -0.4 is 5.32 Å². The molecule has 1 atom stereocenters. The summed E-state index contributed by atoms with van der Waals surface area (Å²) in [6.07, 6.45) is 8.12. The molecule has 1 N–H and O–H groups in total. The van der Waals surface area contributed by atoms with Crippen molar-refractivity contribution in [2.24, 2.45) is 0 Å². The second kappa shape index (κ2) is 8.69. The SMILES string of the molecule is CCn1nc(C)c(-c2ccnc(NC[C@@H](c3cccnc3)N3CCCC3)n2)c1C. The highest BCUT2D eigenvalue weighted by Gasteiger charge is 2.24. The molecule has 0 amide bonds. The second-order valence-electron chi connectivity index (χ2n) is 7.55. The lowest BCUT2D eigenvalue weighted by molar-refractivity contribution is 0.255. The molecular formula is C22H29N7. The van der Waals surface area contributed by atoms with Gasteiger partial charge in [-0.15, -0.1) is 0 Å². The van der Waals surface area contributed by atoms with Crippen LogP contribution >= 0.6 is 0 Å². The number of aromatic nitrogens is 5. The number of pyridine rings is 1. The van der Waals surface area contributed by atoms with Crippen LogP contribution in [-0.2, 0) is 6.54 Å². The fraction of sp³-hybridized carbons (Fsp3) is 0.455. The van der Waals surface area contributed by atoms with Crippen LogP contribution in [-0.4, -0.2) is 49.3 Å². The number of nitrogens with one attached hydrogen (secondary N) is 1. The number of anilines is 1. The summed E-state index contributed by atoms with van der Waals surface area (Å²) < 4.78 is 2.02. The highest BCUT2D eigenvalue weighted by atomic mass is 15.3. The van der Waals surface area contributed by atoms with Crippen molar-refractivity contribution in [3.63, 3.8) is 0 Å². The Kier molecular flexibility index (Phi) is 5.85. The Morgan fingerprint density at radius 1 is 1.14 bits per heavy atom. The first-order valence-electron chi connectivity index (χ1n) is 10.4. The Morgan fingerprint density at radius 2 is 1.97 bits per heavy atom. The molecule has 0 aromatic carbocycles. The van der Waals surface area contributed by atoms with Gasteiger partial charge in [0.15, 0.2) is 0 Å². The molecule has 4 rings (SSSR count). The third kappa shape index (κ3) is 4.15. The van der Waals surface area contributed by atoms with E-state index >= 15 is 0 Å². The molecule has 0 bridgehead atoms. The number of nitrogens with zero attached hydrogens (tertiary/aromatic N) is 6. The predicted molar refractivity (Wildman–Crippen MR) is 115 cm³/mol. The maximum Gasteiger partial charge on any atom is 0.223 e. The van der Waals surface area contributed by atoms with E-state index in [1.165, 1.54) is 18.4 Å². The van der Waals surface area contributed by atoms with Crippen LogP contribution in [0.4, 0.5) is 5.95 Å². The van der Waals surface area contributed by atoms with Gasteiger partial charge in [-0.25, -0.2) is 9.97 Å². The molecule has 0 radical (unpaired) electrons. The van der Waals surface area contributed by atoms with Gasteiger partial charge in [-0.05, 0) is 64.4 Å². The zero-order chi connectivity index (χ0) is 20.2. The van der Waals surface area contributed by atoms with Gasteiger partial charge >= 0.3 is 0 Å². The van der Waals surface area contributed by atoms with Gasteiger partial charge in [-0.1, -0.05) is 6.07 Å². The van der Waals surface area contributed by atoms with Crippen LogP contribution in [0.25, 0.3) is 11.3 Å². The maximum absolute atomic E-state index is 4.79. The van der Waals surface area contributed by atoms with Crippen LogP contribution in [0.1, 0.15) is 42.8 Å². The van der Waals surface area contributed by atoms with Crippen LogP contribution in [0.5, 0.6) is 0 Å². The Hall–Kier alpha value is -2.80. The molecule has 7 nitrogen and oxygen atoms in total. The van der Waals surface area contributed by atoms with E-state index < -0.39 is 0 Å². The molecule has 4 heterocycles. The molecule has 1 fully saturated rings. The molecule has 0 aliphatic carbocycles. The van der Waals surface area contributed by atoms with Crippen molar-refractivity contribution < 1.29 is 0 Å². The van der Waals surface area contributed by atoms with E-state index in [-0.39, 0.29) is 6.04 Å². The Labute approximate surface area is 172 Å². The van der Waals surface area contributed by atoms with Crippen molar-refractivity contribution in [2.75, 3.05) is 25.0 Å². The van der Waals surface area contributed by atoms with Gasteiger partial charge in [0.1, 0.15) is 0 Å². The third-order valence-electron chi connectivity index (χ3n) is 5.70. The zero-order valence-electron chi connectivity index (χ0n) is 17.5. The molecule has 3 aromatic rings. The molecule has 7 heteroatoms. The minimum Gasteiger partial charge on any atom is -0.352 e. The topological polar surface area (TPSA) is 71.8 Å². The van der Waals surface area contributed by atoms with Gasteiger partial charge in [0.05, 0.1) is 17.4 Å². The average Bonchev–Trinajstić information content (AvgIpc) is 3.37. The minimum absolute atomic E-state index is 0.268. The van der Waals surface area contributed by atoms with Gasteiger partial charge in [0.2, 0.25) is 5.95 Å². The molecule has 0 unspecified atom stereocenters. The van der Waals surface area contributed by atoms with Crippen molar-refractivity contribution >= 4 is 5.95 Å². The van der Waals surface area contributed by atoms with Crippen LogP contribution in [0, 0.1) is 13.8 Å². The summed E-state index contributed by atoms with van der Waals surface area (Å²) in [5.41, 5.74) is 5.38. The molecule has 1 aliphatic rings. The van der Waals surface area contributed by atoms with E-state index in [2.05, 4.69) is 45.2 Å². The highest BCUT2D eigenvalue weighted by Crippen LogP contribution is 2.27. The lowest BCUT2D eigenvalue weighted by atomic mass is 10.1. The number of hydrogen-bond acceptors (Lipinski definition) is 6. The Morgan fingerprint density at radius 3 is 2.66 bits per heavy atom. The van der Waals surface area contributed by atoms with Crippen molar-refractivity contribution in [1.29, 1.82) is 0 Å². The third-order valence-corrected chi connectivity index (χ3v) is 5.70. The van der Waals surface area contributed by atoms with E-state index in [9.17, 15) is 0 Å². The van der Waals surface area contributed by atoms with Crippen molar-refractivity contribution in [3.05, 3.63) is 53.7 Å². The predicted octanol–water partition coefficient (Wildman–Crippen LogP) is 3.62. The number of rotatable bonds is 7. The molecule has 0 spiro atoms. The van der Waals surface area contributed by atoms with Crippen LogP contribution in [0.3, 0.4) is 0 Å². The van der Waals surface area contributed by atoms with E-state index in [0.29, 0.717) is 5.95 Å². The van der Waals surface area contributed by atoms with Crippen molar-refractivity contribution in [1.82, 2.24) is 29.6 Å². The largest absolute Gasteiger partial charge is 0.352 e. The normalized spacial score (nSPS) is 15.6. The molecule has 0 saturated carbocycles. The van der Waals surface area contributed by atoms with Crippen LogP contribution in [0.2, 0.25) is 0 Å². The molecule has 1 aliphatic heterocycles. The average molecular weight is 392 g/mol. The minimum atomic E-state index is 0.268. The Balaban J connectivity index is 1.55. The van der Waals surface area contributed by atoms with Crippen LogP contribution in [0.15, 0.2) is 36.8 Å². The Bertz CT molecular complexity index is 945. The number of hydrogen-bond donors (Lipinski definition) is 1. The zero-order valence-corrected chi connectivity index (χ0v) is 17.5. The molecule has 3 aromatic heterocycles. The van der Waals surface area contributed by atoms with E-state index in [0.717, 1.165) is 48.8 Å². The van der Waals surface area contributed by atoms with Crippen molar-refractivity contribution in [2.45, 2.75) is 46.2 Å². The molecule has 152 valence electrons. The first-order chi connectivity index (χ1) is 14.2. The van der Waals surface area contributed by atoms with Crippen molar-refractivity contribution in [3.8, 4) is 11.3 Å². The summed E-state index contributed by atoms with van der Waals surface area (Å²) in [6, 6.07) is 6.39. The van der Waals surface area contributed by atoms with E-state index in [1.54, 1.807) is 0 Å². The summed E-state index contributed by atoms with van der Waals surface area (Å²) in [7, 11) is 0. The quantitative estimate of drug-likeness (QED) is 0.663. The summed E-state index contributed by atoms with van der Waals surface area (Å²) in [5, 5.41) is 8.09. The first kappa shape index (κ1) is 19.5. The smallest absolute Gasteiger partial charge is 0.223 e. The van der Waals surface area contributed by atoms with Gasteiger partial charge < -0.3 is 5.32 Å². The number of aryl methyl sites for hydroxylation is 2. The van der Waals surface area contributed by atoms with E-state index in [1.807, 2.05) is 42.3 Å². The standard InChI is InChI=1S/C22H29N7/c1-4-29-17(3)21(16(2)27-29)19-9-11-24-22(26-19)25-15-20(28-12-5-6-13-28)18-8-7-10-23-14-18/h7-11,14,20H,4-6,12-13,15H2,1-3H3,(H,24,25,26)/t20-/m0/s1. The van der Waals surface area contributed by atoms with Gasteiger partial charge in [-0.2, -0.15) is 5.10 Å². The number of likely N-dealkylation sites (tertiary alicyclic amines) is 1. The van der Waals surface area contributed by atoms with Gasteiger partial charge in [0.25, 0.3) is 0 Å². The molecular weight excluding hydrogens is 362 g/mol.